The first-order valence-electron chi connectivity index (χ1n) is 5.10. The van der Waals surface area contributed by atoms with Gasteiger partial charge in [-0.05, 0) is 18.2 Å². The van der Waals surface area contributed by atoms with Gasteiger partial charge in [-0.15, -0.1) is 0 Å². The Morgan fingerprint density at radius 2 is 2.47 bits per heavy atom. The van der Waals surface area contributed by atoms with E-state index in [1.54, 1.807) is 12.1 Å². The molecular formula is C10H10N4O2S. The molecule has 7 heteroatoms. The predicted octanol–water partition coefficient (Wildman–Crippen LogP) is 1.78. The van der Waals surface area contributed by atoms with Crippen molar-refractivity contribution in [2.45, 2.75) is 12.5 Å². The fraction of sp³-hybridized carbons (Fsp3) is 0.400. The topological polar surface area (TPSA) is 91.8 Å². The summed E-state index contributed by atoms with van der Waals surface area (Å²) in [6, 6.07) is 4.94. The largest absolute Gasteiger partial charge is 0.366 e. The van der Waals surface area contributed by atoms with E-state index in [1.807, 2.05) is 11.8 Å². The zero-order valence-corrected chi connectivity index (χ0v) is 9.74. The molecule has 0 amide bonds. The van der Waals surface area contributed by atoms with Gasteiger partial charge in [-0.1, -0.05) is 0 Å². The van der Waals surface area contributed by atoms with Crippen molar-refractivity contribution >= 4 is 23.3 Å². The van der Waals surface area contributed by atoms with Crippen LogP contribution in [0.5, 0.6) is 0 Å². The van der Waals surface area contributed by atoms with Crippen LogP contribution in [0.2, 0.25) is 0 Å². The summed E-state index contributed by atoms with van der Waals surface area (Å²) >= 11 is 1.86. The molecule has 1 aromatic rings. The lowest BCUT2D eigenvalue weighted by atomic mass is 10.2. The van der Waals surface area contributed by atoms with Crippen LogP contribution < -0.4 is 5.32 Å². The van der Waals surface area contributed by atoms with Gasteiger partial charge in [-0.2, -0.15) is 17.0 Å². The Balaban J connectivity index is 2.19. The van der Waals surface area contributed by atoms with Gasteiger partial charge in [0.05, 0.1) is 4.92 Å². The summed E-state index contributed by atoms with van der Waals surface area (Å²) < 4.78 is 0. The zero-order valence-electron chi connectivity index (χ0n) is 8.92. The van der Waals surface area contributed by atoms with Crippen molar-refractivity contribution in [3.8, 4) is 6.07 Å². The molecule has 1 aliphatic rings. The molecule has 1 atom stereocenters. The quantitative estimate of drug-likeness (QED) is 0.649. The van der Waals surface area contributed by atoms with Gasteiger partial charge in [0.25, 0.3) is 0 Å². The summed E-state index contributed by atoms with van der Waals surface area (Å²) in [5.41, 5.74) is -0.399. The molecule has 2 heterocycles. The van der Waals surface area contributed by atoms with Crippen molar-refractivity contribution in [3.05, 3.63) is 27.9 Å². The fourth-order valence-electron chi connectivity index (χ4n) is 1.62. The van der Waals surface area contributed by atoms with E-state index < -0.39 is 4.92 Å². The lowest BCUT2D eigenvalue weighted by molar-refractivity contribution is -0.385. The summed E-state index contributed by atoms with van der Waals surface area (Å²) in [7, 11) is 0. The second-order valence-corrected chi connectivity index (χ2v) is 4.79. The van der Waals surface area contributed by atoms with Gasteiger partial charge in [0.15, 0.2) is 0 Å². The number of hydrogen-bond acceptors (Lipinski definition) is 6. The second-order valence-electron chi connectivity index (χ2n) is 3.64. The molecule has 17 heavy (non-hydrogen) atoms. The molecule has 0 aliphatic carbocycles. The first-order valence-corrected chi connectivity index (χ1v) is 6.26. The van der Waals surface area contributed by atoms with Gasteiger partial charge < -0.3 is 5.32 Å². The molecule has 88 valence electrons. The minimum absolute atomic E-state index is 0.148. The van der Waals surface area contributed by atoms with Crippen LogP contribution in [0.15, 0.2) is 12.1 Å². The van der Waals surface area contributed by atoms with E-state index in [0.717, 1.165) is 17.9 Å². The molecule has 0 saturated carbocycles. The molecule has 2 rings (SSSR count). The molecule has 0 radical (unpaired) electrons. The molecule has 0 bridgehead atoms. The van der Waals surface area contributed by atoms with E-state index in [0.29, 0.717) is 11.9 Å². The van der Waals surface area contributed by atoms with Crippen LogP contribution in [0.4, 0.5) is 11.5 Å². The number of nitro groups is 1. The minimum atomic E-state index is -0.596. The third-order valence-corrected chi connectivity index (χ3v) is 3.62. The highest BCUT2D eigenvalue weighted by molar-refractivity contribution is 7.99. The number of rotatable bonds is 3. The van der Waals surface area contributed by atoms with Crippen LogP contribution in [-0.4, -0.2) is 27.5 Å². The summed E-state index contributed by atoms with van der Waals surface area (Å²) in [5, 5.41) is 22.6. The smallest absolute Gasteiger partial charge is 0.305 e. The Kier molecular flexibility index (Phi) is 3.44. The van der Waals surface area contributed by atoms with E-state index in [-0.39, 0.29) is 11.4 Å². The zero-order chi connectivity index (χ0) is 12.3. The molecular weight excluding hydrogens is 240 g/mol. The highest BCUT2D eigenvalue weighted by Crippen LogP contribution is 2.23. The van der Waals surface area contributed by atoms with E-state index in [9.17, 15) is 10.1 Å². The number of nitrogens with one attached hydrogen (secondary N) is 1. The highest BCUT2D eigenvalue weighted by atomic mass is 32.2. The van der Waals surface area contributed by atoms with Crippen LogP contribution in [0, 0.1) is 21.4 Å². The van der Waals surface area contributed by atoms with Crippen molar-refractivity contribution in [1.29, 1.82) is 5.26 Å². The van der Waals surface area contributed by atoms with Crippen LogP contribution in [0.1, 0.15) is 12.1 Å². The van der Waals surface area contributed by atoms with Crippen LogP contribution >= 0.6 is 11.8 Å². The van der Waals surface area contributed by atoms with Crippen LogP contribution in [-0.2, 0) is 0 Å². The number of nitriles is 1. The Labute approximate surface area is 102 Å². The number of aromatic nitrogens is 1. The maximum Gasteiger partial charge on any atom is 0.305 e. The first-order chi connectivity index (χ1) is 8.20. The molecule has 0 aromatic carbocycles. The summed E-state index contributed by atoms with van der Waals surface area (Å²) in [6.45, 7) is 0. The summed E-state index contributed by atoms with van der Waals surface area (Å²) in [5.74, 6) is 2.63. The van der Waals surface area contributed by atoms with Crippen molar-refractivity contribution in [3.63, 3.8) is 0 Å². The maximum atomic E-state index is 10.6. The molecule has 0 spiro atoms. The number of hydrogen-bond donors (Lipinski definition) is 1. The maximum absolute atomic E-state index is 10.6. The Hall–Kier alpha value is -1.81. The molecule has 1 aliphatic heterocycles. The summed E-state index contributed by atoms with van der Waals surface area (Å²) in [4.78, 5) is 14.0. The van der Waals surface area contributed by atoms with Crippen molar-refractivity contribution in [2.24, 2.45) is 0 Å². The lowest BCUT2D eigenvalue weighted by Gasteiger charge is -2.11. The third kappa shape index (κ3) is 2.65. The SMILES string of the molecule is N#Cc1nc(NC2CCSC2)ccc1[N+](=O)[O-]. The average Bonchev–Trinajstić information content (AvgIpc) is 2.81. The molecule has 1 unspecified atom stereocenters. The monoisotopic (exact) mass is 250 g/mol. The van der Waals surface area contributed by atoms with E-state index in [2.05, 4.69) is 10.3 Å². The Morgan fingerprint density at radius 1 is 1.65 bits per heavy atom. The van der Waals surface area contributed by atoms with Gasteiger partial charge >= 0.3 is 5.69 Å². The standard InChI is InChI=1S/C10H10N4O2S/c11-5-8-9(14(15)16)1-2-10(13-8)12-7-3-4-17-6-7/h1-2,7H,3-4,6H2,(H,12,13). The normalized spacial score (nSPS) is 18.6. The molecule has 1 aromatic heterocycles. The van der Waals surface area contributed by atoms with E-state index in [1.165, 1.54) is 6.07 Å². The third-order valence-electron chi connectivity index (χ3n) is 2.46. The number of nitrogens with zero attached hydrogens (tertiary/aromatic N) is 3. The van der Waals surface area contributed by atoms with Gasteiger partial charge in [0.1, 0.15) is 11.9 Å². The average molecular weight is 250 g/mol. The predicted molar refractivity (Wildman–Crippen MR) is 65.0 cm³/mol. The van der Waals surface area contributed by atoms with E-state index >= 15 is 0 Å². The minimum Gasteiger partial charge on any atom is -0.366 e. The van der Waals surface area contributed by atoms with Gasteiger partial charge in [-0.25, -0.2) is 4.98 Å². The van der Waals surface area contributed by atoms with Crippen molar-refractivity contribution in [2.75, 3.05) is 16.8 Å². The highest BCUT2D eigenvalue weighted by Gasteiger charge is 2.19. The molecule has 1 fully saturated rings. The Morgan fingerprint density at radius 3 is 3.06 bits per heavy atom. The first kappa shape index (κ1) is 11.7. The number of anilines is 1. The molecule has 6 nitrogen and oxygen atoms in total. The number of thioether (sulfide) groups is 1. The Bertz CT molecular complexity index is 480. The summed E-state index contributed by atoms with van der Waals surface area (Å²) in [6.07, 6.45) is 1.05. The number of pyridine rings is 1. The van der Waals surface area contributed by atoms with Crippen molar-refractivity contribution < 1.29 is 4.92 Å². The lowest BCUT2D eigenvalue weighted by Crippen LogP contribution is -2.19. The fourth-order valence-corrected chi connectivity index (χ4v) is 2.77. The van der Waals surface area contributed by atoms with Gasteiger partial charge in [0, 0.05) is 17.9 Å². The van der Waals surface area contributed by atoms with Gasteiger partial charge in [0.2, 0.25) is 5.69 Å². The van der Waals surface area contributed by atoms with Crippen LogP contribution in [0.25, 0.3) is 0 Å². The van der Waals surface area contributed by atoms with E-state index in [4.69, 9.17) is 5.26 Å². The molecule has 1 saturated heterocycles. The van der Waals surface area contributed by atoms with Crippen LogP contribution in [0.3, 0.4) is 0 Å². The van der Waals surface area contributed by atoms with Gasteiger partial charge in [-0.3, -0.25) is 10.1 Å². The van der Waals surface area contributed by atoms with Crippen molar-refractivity contribution in [1.82, 2.24) is 4.98 Å². The molecule has 1 N–H and O–H groups in total. The second kappa shape index (κ2) is 5.01.